The predicted molar refractivity (Wildman–Crippen MR) is 97.0 cm³/mol. The molecule has 3 aromatic heterocycles. The van der Waals surface area contributed by atoms with Gasteiger partial charge in [0.05, 0.1) is 11.8 Å². The Morgan fingerprint density at radius 3 is 2.75 bits per heavy atom. The number of carbonyl (C=O) groups is 1. The second kappa shape index (κ2) is 7.43. The highest BCUT2D eigenvalue weighted by Crippen LogP contribution is 2.34. The summed E-state index contributed by atoms with van der Waals surface area (Å²) in [6.07, 6.45) is 6.14. The van der Waals surface area contributed by atoms with Crippen LogP contribution in [0.3, 0.4) is 0 Å². The predicted octanol–water partition coefficient (Wildman–Crippen LogP) is 3.94. The van der Waals surface area contributed by atoms with Gasteiger partial charge >= 0.3 is 0 Å². The number of halogens is 2. The molecule has 4 rings (SSSR count). The highest BCUT2D eigenvalue weighted by atomic mass is 19.1. The number of amides is 1. The lowest BCUT2D eigenvalue weighted by Gasteiger charge is -2.03. The number of nitrogens with one attached hydrogen (secondary N) is 2. The van der Waals surface area contributed by atoms with Gasteiger partial charge in [0.1, 0.15) is 17.3 Å². The smallest absolute Gasteiger partial charge is 0.267 e. The summed E-state index contributed by atoms with van der Waals surface area (Å²) >= 11 is 0. The fraction of sp³-hybridized carbons (Fsp3) is 0.0500. The van der Waals surface area contributed by atoms with E-state index >= 15 is 0 Å². The minimum atomic E-state index is -0.600. The van der Waals surface area contributed by atoms with Crippen molar-refractivity contribution >= 4 is 5.91 Å². The molecule has 28 heavy (non-hydrogen) atoms. The summed E-state index contributed by atoms with van der Waals surface area (Å²) in [4.78, 5) is 19.1. The van der Waals surface area contributed by atoms with Gasteiger partial charge in [0.2, 0.25) is 0 Å². The van der Waals surface area contributed by atoms with Crippen LogP contribution in [-0.2, 0) is 6.54 Å². The Bertz CT molecular complexity index is 1120. The zero-order chi connectivity index (χ0) is 19.5. The van der Waals surface area contributed by atoms with Gasteiger partial charge in [-0.3, -0.25) is 9.78 Å². The van der Waals surface area contributed by atoms with Crippen LogP contribution in [0.2, 0.25) is 0 Å². The summed E-state index contributed by atoms with van der Waals surface area (Å²) in [5.74, 6) is -1.26. The van der Waals surface area contributed by atoms with Crippen molar-refractivity contribution < 1.29 is 18.1 Å². The molecule has 140 valence electrons. The maximum absolute atomic E-state index is 14.1. The van der Waals surface area contributed by atoms with Crippen molar-refractivity contribution in [3.63, 3.8) is 0 Å². The standard InChI is InChI=1S/C20H14F2N4O2/c21-14-1-2-17(22)15(8-14)16-11-26-28-19(16)13-7-18(24-10-13)20(27)25-9-12-3-5-23-6-4-12/h1-8,10-11,24H,9H2,(H,25,27). The Morgan fingerprint density at radius 2 is 1.93 bits per heavy atom. The van der Waals surface area contributed by atoms with Crippen LogP contribution in [0.15, 0.2) is 65.7 Å². The Balaban J connectivity index is 1.56. The molecule has 0 atom stereocenters. The maximum Gasteiger partial charge on any atom is 0.267 e. The van der Waals surface area contributed by atoms with Crippen molar-refractivity contribution in [2.45, 2.75) is 6.54 Å². The molecule has 0 unspecified atom stereocenters. The van der Waals surface area contributed by atoms with Crippen LogP contribution in [0.5, 0.6) is 0 Å². The molecular formula is C20H14F2N4O2. The summed E-state index contributed by atoms with van der Waals surface area (Å²) in [5.41, 5.74) is 2.02. The number of nitrogens with zero attached hydrogens (tertiary/aromatic N) is 2. The molecule has 0 bridgehead atoms. The van der Waals surface area contributed by atoms with Crippen LogP contribution in [-0.4, -0.2) is 21.0 Å². The van der Waals surface area contributed by atoms with Crippen molar-refractivity contribution in [1.82, 2.24) is 20.4 Å². The SMILES string of the molecule is O=C(NCc1ccncc1)c1cc(-c2oncc2-c2cc(F)ccc2F)c[nH]1. The van der Waals surface area contributed by atoms with Crippen LogP contribution in [0.4, 0.5) is 8.78 Å². The third-order valence-electron chi connectivity index (χ3n) is 4.18. The molecule has 0 aliphatic carbocycles. The van der Waals surface area contributed by atoms with Gasteiger partial charge in [0.15, 0.2) is 5.76 Å². The molecule has 3 heterocycles. The zero-order valence-electron chi connectivity index (χ0n) is 14.4. The molecule has 0 saturated heterocycles. The third kappa shape index (κ3) is 3.52. The Kier molecular flexibility index (Phi) is 4.67. The summed E-state index contributed by atoms with van der Waals surface area (Å²) in [6.45, 7) is 0.345. The maximum atomic E-state index is 14.1. The van der Waals surface area contributed by atoms with E-state index < -0.39 is 11.6 Å². The molecule has 8 heteroatoms. The van der Waals surface area contributed by atoms with Gasteiger partial charge in [-0.2, -0.15) is 0 Å². The lowest BCUT2D eigenvalue weighted by atomic mass is 10.0. The van der Waals surface area contributed by atoms with Crippen molar-refractivity contribution in [3.05, 3.63) is 84.1 Å². The summed E-state index contributed by atoms with van der Waals surface area (Å²) in [6, 6.07) is 8.30. The number of rotatable bonds is 5. The zero-order valence-corrected chi connectivity index (χ0v) is 14.4. The van der Waals surface area contributed by atoms with Crippen LogP contribution < -0.4 is 5.32 Å². The average molecular weight is 380 g/mol. The van der Waals surface area contributed by atoms with Crippen molar-refractivity contribution in [1.29, 1.82) is 0 Å². The van der Waals surface area contributed by atoms with E-state index in [0.29, 0.717) is 23.4 Å². The van der Waals surface area contributed by atoms with Crippen molar-refractivity contribution in [2.24, 2.45) is 0 Å². The number of aromatic amines is 1. The summed E-state index contributed by atoms with van der Waals surface area (Å²) < 4.78 is 32.9. The van der Waals surface area contributed by atoms with Gasteiger partial charge in [-0.25, -0.2) is 8.78 Å². The van der Waals surface area contributed by atoms with Crippen LogP contribution >= 0.6 is 0 Å². The van der Waals surface area contributed by atoms with Gasteiger partial charge in [0.25, 0.3) is 5.91 Å². The number of carbonyl (C=O) groups excluding carboxylic acids is 1. The van der Waals surface area contributed by atoms with Crippen LogP contribution in [0, 0.1) is 11.6 Å². The van der Waals surface area contributed by atoms with Gasteiger partial charge in [0, 0.05) is 36.3 Å². The Morgan fingerprint density at radius 1 is 1.11 bits per heavy atom. The first-order chi connectivity index (χ1) is 13.6. The Labute approximate surface area is 158 Å². The molecule has 1 aromatic carbocycles. The van der Waals surface area contributed by atoms with Crippen molar-refractivity contribution in [2.75, 3.05) is 0 Å². The first-order valence-electron chi connectivity index (χ1n) is 8.38. The number of hydrogen-bond acceptors (Lipinski definition) is 4. The monoisotopic (exact) mass is 380 g/mol. The molecule has 0 aliphatic heterocycles. The summed E-state index contributed by atoms with van der Waals surface area (Å²) in [5, 5.41) is 6.47. The largest absolute Gasteiger partial charge is 0.356 e. The average Bonchev–Trinajstić information content (AvgIpc) is 3.38. The van der Waals surface area contributed by atoms with E-state index in [1.54, 1.807) is 36.8 Å². The number of benzene rings is 1. The van der Waals surface area contributed by atoms with Crippen LogP contribution in [0.1, 0.15) is 16.1 Å². The number of aromatic nitrogens is 3. The van der Waals surface area contributed by atoms with E-state index in [4.69, 9.17) is 4.52 Å². The van der Waals surface area contributed by atoms with Crippen molar-refractivity contribution in [3.8, 4) is 22.5 Å². The van der Waals surface area contributed by atoms with E-state index in [1.165, 1.54) is 6.20 Å². The summed E-state index contributed by atoms with van der Waals surface area (Å²) in [7, 11) is 0. The fourth-order valence-corrected chi connectivity index (χ4v) is 2.78. The second-order valence-corrected chi connectivity index (χ2v) is 6.03. The van der Waals surface area contributed by atoms with Gasteiger partial charge < -0.3 is 14.8 Å². The molecule has 0 fully saturated rings. The van der Waals surface area contributed by atoms with E-state index in [2.05, 4.69) is 20.4 Å². The molecule has 6 nitrogen and oxygen atoms in total. The van der Waals surface area contributed by atoms with Gasteiger partial charge in [-0.05, 0) is 42.0 Å². The number of H-pyrrole nitrogens is 1. The van der Waals surface area contributed by atoms with E-state index in [0.717, 1.165) is 23.8 Å². The molecule has 4 aromatic rings. The van der Waals surface area contributed by atoms with Gasteiger partial charge in [-0.15, -0.1) is 0 Å². The third-order valence-corrected chi connectivity index (χ3v) is 4.18. The lowest BCUT2D eigenvalue weighted by Crippen LogP contribution is -2.22. The molecule has 0 radical (unpaired) electrons. The minimum absolute atomic E-state index is 0.0288. The minimum Gasteiger partial charge on any atom is -0.356 e. The van der Waals surface area contributed by atoms with Crippen LogP contribution in [0.25, 0.3) is 22.5 Å². The quantitative estimate of drug-likeness (QED) is 0.549. The second-order valence-electron chi connectivity index (χ2n) is 6.03. The molecule has 2 N–H and O–H groups in total. The molecular weight excluding hydrogens is 366 g/mol. The normalized spacial score (nSPS) is 10.8. The van der Waals surface area contributed by atoms with E-state index in [9.17, 15) is 13.6 Å². The highest BCUT2D eigenvalue weighted by Gasteiger charge is 2.19. The lowest BCUT2D eigenvalue weighted by molar-refractivity contribution is 0.0946. The Hall–Kier alpha value is -3.81. The van der Waals surface area contributed by atoms with E-state index in [1.807, 2.05) is 0 Å². The first kappa shape index (κ1) is 17.6. The first-order valence-corrected chi connectivity index (χ1v) is 8.38. The molecule has 0 aliphatic rings. The topological polar surface area (TPSA) is 83.8 Å². The molecule has 0 saturated carbocycles. The molecule has 1 amide bonds. The molecule has 0 spiro atoms. The van der Waals surface area contributed by atoms with E-state index in [-0.39, 0.29) is 17.2 Å². The van der Waals surface area contributed by atoms with Gasteiger partial charge in [-0.1, -0.05) is 5.16 Å². The highest BCUT2D eigenvalue weighted by molar-refractivity contribution is 5.94. The fourth-order valence-electron chi connectivity index (χ4n) is 2.78. The number of hydrogen-bond donors (Lipinski definition) is 2. The number of pyridine rings is 1.